The summed E-state index contributed by atoms with van der Waals surface area (Å²) >= 11 is 0. The van der Waals surface area contributed by atoms with Crippen LogP contribution in [0.25, 0.3) is 6.08 Å². The topological polar surface area (TPSA) is 139 Å². The lowest BCUT2D eigenvalue weighted by atomic mass is 9.81. The Hall–Kier alpha value is -3.79. The van der Waals surface area contributed by atoms with Crippen LogP contribution < -0.4 is 16.7 Å². The largest absolute Gasteiger partial charge is 0.293 e. The van der Waals surface area contributed by atoms with Gasteiger partial charge in [-0.1, -0.05) is 110 Å². The van der Waals surface area contributed by atoms with E-state index in [4.69, 9.17) is 5.84 Å². The van der Waals surface area contributed by atoms with Crippen LogP contribution in [0.15, 0.2) is 84.9 Å². The molecule has 9 heteroatoms. The molecule has 2 amide bonds. The first-order valence-electron chi connectivity index (χ1n) is 12.7. The third-order valence-corrected chi connectivity index (χ3v) is 9.14. The van der Waals surface area contributed by atoms with E-state index in [2.05, 4.69) is 5.43 Å². The summed E-state index contributed by atoms with van der Waals surface area (Å²) in [6.07, 6.45) is 4.05. The molecule has 0 fully saturated rings. The second-order valence-corrected chi connectivity index (χ2v) is 11.7. The van der Waals surface area contributed by atoms with Crippen LogP contribution >= 0.6 is 0 Å². The van der Waals surface area contributed by atoms with Crippen molar-refractivity contribution in [3.63, 3.8) is 0 Å². The number of nitrogens with two attached hydrogens (primary N) is 1. The normalized spacial score (nSPS) is 13.9. The molecule has 0 aliphatic carbocycles. The Bertz CT molecular complexity index is 1410. The van der Waals surface area contributed by atoms with Crippen molar-refractivity contribution in [2.45, 2.75) is 49.5 Å². The number of benzene rings is 3. The Labute approximate surface area is 229 Å². The number of hydrogen-bond donors (Lipinski definition) is 4. The number of hydroxylamine groups is 1. The van der Waals surface area contributed by atoms with E-state index < -0.39 is 38.1 Å². The van der Waals surface area contributed by atoms with Gasteiger partial charge in [0.25, 0.3) is 11.8 Å². The van der Waals surface area contributed by atoms with Crippen molar-refractivity contribution in [2.24, 2.45) is 5.84 Å². The Balaban J connectivity index is 2.23. The summed E-state index contributed by atoms with van der Waals surface area (Å²) in [6, 6.07) is 23.1. The lowest BCUT2D eigenvalue weighted by Gasteiger charge is -2.35. The fourth-order valence-electron chi connectivity index (χ4n) is 4.92. The smallest absolute Gasteiger partial charge is 0.259 e. The first-order valence-corrected chi connectivity index (χ1v) is 14.4. The summed E-state index contributed by atoms with van der Waals surface area (Å²) in [6.45, 7) is 3.59. The Morgan fingerprint density at radius 3 is 2.26 bits per heavy atom. The fraction of sp³-hybridized carbons (Fsp3) is 0.267. The number of carbonyl (C=O) groups excluding carboxylic acids is 2. The number of nitrogens with one attached hydrogen (secondary N) is 2. The Kier molecular flexibility index (Phi) is 10.2. The quantitative estimate of drug-likeness (QED) is 0.115. The average molecular weight is 550 g/mol. The minimum absolute atomic E-state index is 0.0609. The number of hydrogen-bond acceptors (Lipinski definition) is 6. The monoisotopic (exact) mass is 549 g/mol. The van der Waals surface area contributed by atoms with E-state index in [1.165, 1.54) is 0 Å². The maximum atomic E-state index is 14.2. The van der Waals surface area contributed by atoms with E-state index >= 15 is 0 Å². The number of aryl methyl sites for hydroxylation is 1. The van der Waals surface area contributed by atoms with Gasteiger partial charge in [0.15, 0.2) is 14.6 Å². The first-order chi connectivity index (χ1) is 18.7. The summed E-state index contributed by atoms with van der Waals surface area (Å²) in [4.78, 5) is 26.6. The average Bonchev–Trinajstić information content (AvgIpc) is 2.94. The zero-order valence-electron chi connectivity index (χ0n) is 22.1. The van der Waals surface area contributed by atoms with Gasteiger partial charge in [-0.25, -0.2) is 19.7 Å². The zero-order chi connectivity index (χ0) is 28.5. The van der Waals surface area contributed by atoms with Gasteiger partial charge in [0, 0.05) is 0 Å². The van der Waals surface area contributed by atoms with E-state index in [-0.39, 0.29) is 18.4 Å². The van der Waals surface area contributed by atoms with E-state index in [1.807, 2.05) is 43.3 Å². The van der Waals surface area contributed by atoms with Gasteiger partial charge in [-0.2, -0.15) is 0 Å². The van der Waals surface area contributed by atoms with Gasteiger partial charge in [0.05, 0.1) is 11.7 Å². The van der Waals surface area contributed by atoms with Crippen LogP contribution in [0.3, 0.4) is 0 Å². The highest BCUT2D eigenvalue weighted by Gasteiger charge is 2.52. The Morgan fingerprint density at radius 2 is 1.67 bits per heavy atom. The number of carbonyl (C=O) groups is 2. The molecule has 0 spiro atoms. The van der Waals surface area contributed by atoms with Gasteiger partial charge in [-0.15, -0.1) is 0 Å². The third kappa shape index (κ3) is 6.62. The van der Waals surface area contributed by atoms with Crippen molar-refractivity contribution < 1.29 is 23.2 Å². The van der Waals surface area contributed by atoms with Gasteiger partial charge in [-0.05, 0) is 42.0 Å². The summed E-state index contributed by atoms with van der Waals surface area (Å²) in [5.41, 5.74) is 6.49. The second-order valence-electron chi connectivity index (χ2n) is 9.46. The molecule has 0 aliphatic rings. The molecule has 3 aromatic carbocycles. The van der Waals surface area contributed by atoms with Crippen LogP contribution in [0.2, 0.25) is 0 Å². The molecule has 0 saturated carbocycles. The lowest BCUT2D eigenvalue weighted by molar-refractivity contribution is -0.131. The molecule has 0 radical (unpaired) electrons. The molecule has 0 aliphatic heterocycles. The Morgan fingerprint density at radius 1 is 1.03 bits per heavy atom. The summed E-state index contributed by atoms with van der Waals surface area (Å²) in [7, 11) is -4.23. The van der Waals surface area contributed by atoms with E-state index in [9.17, 15) is 23.2 Å². The molecule has 0 saturated heterocycles. The fourth-order valence-corrected chi connectivity index (χ4v) is 7.17. The van der Waals surface area contributed by atoms with Crippen LogP contribution in [0.1, 0.15) is 59.9 Å². The second kappa shape index (κ2) is 13.3. The first kappa shape index (κ1) is 29.8. The molecule has 206 valence electrons. The van der Waals surface area contributed by atoms with E-state index in [0.29, 0.717) is 17.5 Å². The van der Waals surface area contributed by atoms with Crippen molar-refractivity contribution in [3.8, 4) is 0 Å². The van der Waals surface area contributed by atoms with Crippen molar-refractivity contribution in [2.75, 3.05) is 0 Å². The summed E-state index contributed by atoms with van der Waals surface area (Å²) < 4.78 is 26.4. The maximum absolute atomic E-state index is 14.2. The van der Waals surface area contributed by atoms with Crippen molar-refractivity contribution in [1.29, 1.82) is 0 Å². The standard InChI is InChI=1S/C30H35N3O5S/c1-3-19-30(29(35)32-31,39(37,38)21-24-13-8-5-9-14-24)27-18-17-22(2)20-26(27)25(28(34)33-36)16-10-15-23-11-6-4-7-12-23/h4-15,17-18,20,25,36H,3,16,19,21,31H2,1-2H3,(H,32,35)(H,33,34)/b15-10+/t25-,30+/m0/s1. The van der Waals surface area contributed by atoms with Crippen molar-refractivity contribution in [3.05, 3.63) is 113 Å². The number of allylic oxidation sites excluding steroid dienone is 1. The highest BCUT2D eigenvalue weighted by Crippen LogP contribution is 2.43. The van der Waals surface area contributed by atoms with Gasteiger partial charge < -0.3 is 0 Å². The summed E-state index contributed by atoms with van der Waals surface area (Å²) in [5, 5.41) is 9.62. The molecule has 0 aromatic heterocycles. The molecule has 3 aromatic rings. The van der Waals surface area contributed by atoms with Crippen LogP contribution in [0.5, 0.6) is 0 Å². The van der Waals surface area contributed by atoms with E-state index in [0.717, 1.165) is 11.1 Å². The van der Waals surface area contributed by atoms with E-state index in [1.54, 1.807) is 67.0 Å². The maximum Gasteiger partial charge on any atom is 0.259 e. The highest BCUT2D eigenvalue weighted by molar-refractivity contribution is 7.92. The van der Waals surface area contributed by atoms with Gasteiger partial charge >= 0.3 is 0 Å². The van der Waals surface area contributed by atoms with Crippen LogP contribution in [0, 0.1) is 6.92 Å². The highest BCUT2D eigenvalue weighted by atomic mass is 32.2. The van der Waals surface area contributed by atoms with Crippen molar-refractivity contribution >= 4 is 27.7 Å². The predicted molar refractivity (Wildman–Crippen MR) is 152 cm³/mol. The minimum Gasteiger partial charge on any atom is -0.293 e. The zero-order valence-corrected chi connectivity index (χ0v) is 22.9. The molecule has 0 heterocycles. The molecular formula is C30H35N3O5S. The molecule has 0 bridgehead atoms. The molecular weight excluding hydrogens is 514 g/mol. The van der Waals surface area contributed by atoms with Crippen molar-refractivity contribution in [1.82, 2.24) is 10.9 Å². The molecule has 0 unspecified atom stereocenters. The molecule has 2 atom stereocenters. The molecule has 5 N–H and O–H groups in total. The lowest BCUT2D eigenvalue weighted by Crippen LogP contribution is -2.53. The summed E-state index contributed by atoms with van der Waals surface area (Å²) in [5.74, 6) is 2.61. The SMILES string of the molecule is CCC[C@](C(=O)NN)(c1ccc(C)cc1[C@H](C/C=C/c1ccccc1)C(=O)NO)S(=O)(=O)Cc1ccccc1. The van der Waals surface area contributed by atoms with Gasteiger partial charge in [0.2, 0.25) is 0 Å². The predicted octanol–water partition coefficient (Wildman–Crippen LogP) is 4.29. The third-order valence-electron chi connectivity index (χ3n) is 6.76. The number of rotatable bonds is 12. The molecule has 39 heavy (non-hydrogen) atoms. The molecule has 8 nitrogen and oxygen atoms in total. The minimum atomic E-state index is -4.23. The molecule has 3 rings (SSSR count). The van der Waals surface area contributed by atoms with Gasteiger partial charge in [-0.3, -0.25) is 20.2 Å². The number of hydrazine groups is 1. The van der Waals surface area contributed by atoms with Crippen LogP contribution in [-0.4, -0.2) is 25.4 Å². The van der Waals surface area contributed by atoms with Gasteiger partial charge in [0.1, 0.15) is 0 Å². The van der Waals surface area contributed by atoms with Crippen LogP contribution in [-0.2, 0) is 29.9 Å². The van der Waals surface area contributed by atoms with Crippen LogP contribution in [0.4, 0.5) is 0 Å². The number of sulfone groups is 1. The number of amides is 2.